The topological polar surface area (TPSA) is 95.7 Å². The van der Waals surface area contributed by atoms with E-state index in [1.807, 2.05) is 24.4 Å². The number of carbonyl (C=O) groups is 1. The van der Waals surface area contributed by atoms with Gasteiger partial charge in [0, 0.05) is 25.3 Å². The Morgan fingerprint density at radius 2 is 2.23 bits per heavy atom. The summed E-state index contributed by atoms with van der Waals surface area (Å²) in [5.41, 5.74) is 1.71. The van der Waals surface area contributed by atoms with E-state index >= 15 is 0 Å². The Labute approximate surface area is 154 Å². The van der Waals surface area contributed by atoms with E-state index in [0.29, 0.717) is 29.8 Å². The van der Waals surface area contributed by atoms with Gasteiger partial charge in [0.2, 0.25) is 0 Å². The number of halogens is 1. The molecular formula is C17H17ClN6O2. The van der Waals surface area contributed by atoms with Gasteiger partial charge in [-0.25, -0.2) is 19.3 Å². The summed E-state index contributed by atoms with van der Waals surface area (Å²) in [7, 11) is 0. The second-order valence-corrected chi connectivity index (χ2v) is 6.60. The molecule has 0 radical (unpaired) electrons. The number of hydrogen-bond acceptors (Lipinski definition) is 5. The number of nitrogens with zero attached hydrogens (tertiary/aromatic N) is 5. The maximum Gasteiger partial charge on any atom is 0.407 e. The fourth-order valence-corrected chi connectivity index (χ4v) is 3.31. The summed E-state index contributed by atoms with van der Waals surface area (Å²) in [6.07, 6.45) is 5.88. The normalized spacial score (nSPS) is 17.4. The van der Waals surface area contributed by atoms with Crippen LogP contribution in [0.15, 0.2) is 36.8 Å². The molecule has 1 saturated heterocycles. The lowest BCUT2D eigenvalue weighted by Crippen LogP contribution is -2.44. The highest BCUT2D eigenvalue weighted by molar-refractivity contribution is 6.32. The first-order chi connectivity index (χ1) is 12.6. The zero-order valence-electron chi connectivity index (χ0n) is 13.8. The van der Waals surface area contributed by atoms with Crippen LogP contribution >= 0.6 is 11.6 Å². The van der Waals surface area contributed by atoms with Crippen LogP contribution in [0.5, 0.6) is 0 Å². The van der Waals surface area contributed by atoms with Gasteiger partial charge in [-0.15, -0.1) is 0 Å². The number of pyridine rings is 1. The third-order valence-electron chi connectivity index (χ3n) is 4.44. The number of carboxylic acid groups (broad SMARTS) is 1. The van der Waals surface area contributed by atoms with Gasteiger partial charge in [0.15, 0.2) is 5.82 Å². The molecule has 1 unspecified atom stereocenters. The van der Waals surface area contributed by atoms with Crippen LogP contribution in [-0.4, -0.2) is 54.8 Å². The molecule has 0 aromatic carbocycles. The van der Waals surface area contributed by atoms with Gasteiger partial charge < -0.3 is 15.3 Å². The minimum Gasteiger partial charge on any atom is -0.465 e. The summed E-state index contributed by atoms with van der Waals surface area (Å²) in [5, 5.41) is 17.2. The van der Waals surface area contributed by atoms with Gasteiger partial charge in [0.05, 0.1) is 23.5 Å². The first-order valence-electron chi connectivity index (χ1n) is 8.31. The number of anilines is 1. The van der Waals surface area contributed by atoms with E-state index in [4.69, 9.17) is 11.6 Å². The number of hydrogen-bond donors (Lipinski definition) is 2. The number of aromatic nitrogens is 4. The van der Waals surface area contributed by atoms with Crippen molar-refractivity contribution < 1.29 is 9.90 Å². The summed E-state index contributed by atoms with van der Waals surface area (Å²) in [6, 6.07) is 5.73. The number of piperidine rings is 1. The molecule has 0 spiro atoms. The Hall–Kier alpha value is -2.87. The summed E-state index contributed by atoms with van der Waals surface area (Å²) in [6.45, 7) is 0.959. The Bertz CT molecular complexity index is 959. The molecule has 2 N–H and O–H groups in total. The summed E-state index contributed by atoms with van der Waals surface area (Å²) in [5.74, 6) is 1.02. The predicted octanol–water partition coefficient (Wildman–Crippen LogP) is 3.00. The number of amides is 1. The van der Waals surface area contributed by atoms with Crippen LogP contribution in [0, 0.1) is 0 Å². The molecule has 8 nitrogen and oxygen atoms in total. The molecule has 0 bridgehead atoms. The Morgan fingerprint density at radius 1 is 1.35 bits per heavy atom. The first-order valence-corrected chi connectivity index (χ1v) is 8.69. The van der Waals surface area contributed by atoms with Gasteiger partial charge in [-0.2, -0.15) is 5.10 Å². The average molecular weight is 373 g/mol. The van der Waals surface area contributed by atoms with Gasteiger partial charge >= 0.3 is 6.09 Å². The molecule has 4 heterocycles. The zero-order valence-corrected chi connectivity index (χ0v) is 14.6. The van der Waals surface area contributed by atoms with Crippen molar-refractivity contribution in [2.45, 2.75) is 18.9 Å². The van der Waals surface area contributed by atoms with Crippen LogP contribution in [0.3, 0.4) is 0 Å². The maximum absolute atomic E-state index is 11.2. The van der Waals surface area contributed by atoms with E-state index in [1.165, 1.54) is 4.90 Å². The number of nitrogens with one attached hydrogen (secondary N) is 1. The predicted molar refractivity (Wildman–Crippen MR) is 97.5 cm³/mol. The van der Waals surface area contributed by atoms with Gasteiger partial charge in [0.1, 0.15) is 10.8 Å². The molecule has 134 valence electrons. The molecule has 0 aliphatic carbocycles. The monoisotopic (exact) mass is 372 g/mol. The second-order valence-electron chi connectivity index (χ2n) is 6.19. The van der Waals surface area contributed by atoms with Crippen molar-refractivity contribution in [3.8, 4) is 11.4 Å². The Balaban J connectivity index is 1.61. The largest absolute Gasteiger partial charge is 0.465 e. The summed E-state index contributed by atoms with van der Waals surface area (Å²) in [4.78, 5) is 21.5. The van der Waals surface area contributed by atoms with Crippen LogP contribution in [0.1, 0.15) is 12.8 Å². The standard InChI is InChI=1S/C17H17ClN6O2/c18-13-9-19-15(12-8-20-24-7-2-1-5-14(12)24)22-16(13)21-11-4-3-6-23(10-11)17(25)26/h1-2,5,7-9,11H,3-4,6,10H2,(H,25,26)(H,19,21,22). The van der Waals surface area contributed by atoms with E-state index in [2.05, 4.69) is 20.4 Å². The van der Waals surface area contributed by atoms with Crippen molar-refractivity contribution in [3.63, 3.8) is 0 Å². The van der Waals surface area contributed by atoms with Crippen LogP contribution in [-0.2, 0) is 0 Å². The number of fused-ring (bicyclic) bond motifs is 1. The highest BCUT2D eigenvalue weighted by Gasteiger charge is 2.24. The minimum atomic E-state index is -0.905. The molecule has 26 heavy (non-hydrogen) atoms. The van der Waals surface area contributed by atoms with E-state index < -0.39 is 6.09 Å². The first kappa shape index (κ1) is 16.6. The van der Waals surface area contributed by atoms with Crippen LogP contribution < -0.4 is 5.32 Å². The van der Waals surface area contributed by atoms with Gasteiger partial charge in [-0.3, -0.25) is 0 Å². The van der Waals surface area contributed by atoms with Gasteiger partial charge in [-0.05, 0) is 25.0 Å². The number of rotatable bonds is 3. The lowest BCUT2D eigenvalue weighted by Gasteiger charge is -2.31. The molecule has 3 aromatic heterocycles. The maximum atomic E-state index is 11.2. The molecule has 1 fully saturated rings. The molecule has 1 amide bonds. The van der Waals surface area contributed by atoms with Crippen molar-refractivity contribution in [2.24, 2.45) is 0 Å². The fourth-order valence-electron chi connectivity index (χ4n) is 3.17. The molecule has 1 aliphatic heterocycles. The van der Waals surface area contributed by atoms with E-state index in [-0.39, 0.29) is 6.04 Å². The third-order valence-corrected chi connectivity index (χ3v) is 4.72. The minimum absolute atomic E-state index is 0.0380. The quantitative estimate of drug-likeness (QED) is 0.733. The molecule has 9 heteroatoms. The van der Waals surface area contributed by atoms with E-state index in [1.54, 1.807) is 16.9 Å². The average Bonchev–Trinajstić information content (AvgIpc) is 3.08. The van der Waals surface area contributed by atoms with Crippen molar-refractivity contribution >= 4 is 29.0 Å². The van der Waals surface area contributed by atoms with Crippen molar-refractivity contribution in [3.05, 3.63) is 41.8 Å². The zero-order chi connectivity index (χ0) is 18.1. The van der Waals surface area contributed by atoms with E-state index in [0.717, 1.165) is 23.9 Å². The van der Waals surface area contributed by atoms with Crippen molar-refractivity contribution in [2.75, 3.05) is 18.4 Å². The van der Waals surface area contributed by atoms with Crippen molar-refractivity contribution in [1.29, 1.82) is 0 Å². The Morgan fingerprint density at radius 3 is 3.08 bits per heavy atom. The van der Waals surface area contributed by atoms with Gasteiger partial charge in [0.25, 0.3) is 0 Å². The Kier molecular flexibility index (Phi) is 4.34. The third kappa shape index (κ3) is 3.15. The second kappa shape index (κ2) is 6.80. The van der Waals surface area contributed by atoms with E-state index in [9.17, 15) is 9.90 Å². The molecule has 3 aromatic rings. The molecule has 1 atom stereocenters. The lowest BCUT2D eigenvalue weighted by molar-refractivity contribution is 0.133. The van der Waals surface area contributed by atoms with Crippen LogP contribution in [0.25, 0.3) is 16.9 Å². The van der Waals surface area contributed by atoms with Crippen molar-refractivity contribution in [1.82, 2.24) is 24.5 Å². The lowest BCUT2D eigenvalue weighted by atomic mass is 10.1. The number of likely N-dealkylation sites (tertiary alicyclic amines) is 1. The highest BCUT2D eigenvalue weighted by Crippen LogP contribution is 2.27. The van der Waals surface area contributed by atoms with Gasteiger partial charge in [-0.1, -0.05) is 17.7 Å². The highest BCUT2D eigenvalue weighted by atomic mass is 35.5. The summed E-state index contributed by atoms with van der Waals surface area (Å²) >= 11 is 6.26. The van der Waals surface area contributed by atoms with Crippen LogP contribution in [0.4, 0.5) is 10.6 Å². The summed E-state index contributed by atoms with van der Waals surface area (Å²) < 4.78 is 1.76. The molecule has 1 aliphatic rings. The molecule has 0 saturated carbocycles. The fraction of sp³-hybridized carbons (Fsp3) is 0.294. The molecular weight excluding hydrogens is 356 g/mol. The smallest absolute Gasteiger partial charge is 0.407 e. The molecule has 4 rings (SSSR count). The van der Waals surface area contributed by atoms with Crippen LogP contribution in [0.2, 0.25) is 5.02 Å². The SMILES string of the molecule is O=C(O)N1CCCC(Nc2nc(-c3cnn4ccccc34)ncc2Cl)C1.